The van der Waals surface area contributed by atoms with Gasteiger partial charge in [-0.25, -0.2) is 4.98 Å². The number of imidazole rings is 1. The van der Waals surface area contributed by atoms with Gasteiger partial charge in [-0.3, -0.25) is 13.9 Å². The number of halogens is 2. The van der Waals surface area contributed by atoms with Gasteiger partial charge in [0, 0.05) is 26.8 Å². The lowest BCUT2D eigenvalue weighted by molar-refractivity contribution is 0.600. The Kier molecular flexibility index (Phi) is 5.84. The summed E-state index contributed by atoms with van der Waals surface area (Å²) in [6.07, 6.45) is 3.22. The van der Waals surface area contributed by atoms with Crippen molar-refractivity contribution in [3.05, 3.63) is 99.0 Å². The monoisotopic (exact) mass is 538 g/mol. The highest BCUT2D eigenvalue weighted by Gasteiger charge is 2.20. The summed E-state index contributed by atoms with van der Waals surface area (Å²) in [5.74, 6) is 0.472. The molecule has 0 aliphatic heterocycles. The van der Waals surface area contributed by atoms with Crippen molar-refractivity contribution in [1.82, 2.24) is 19.1 Å². The van der Waals surface area contributed by atoms with E-state index in [4.69, 9.17) is 11.6 Å². The second kappa shape index (κ2) is 8.79. The largest absolute Gasteiger partial charge is 0.612 e. The van der Waals surface area contributed by atoms with Crippen LogP contribution in [0.2, 0.25) is 5.02 Å². The highest BCUT2D eigenvalue weighted by molar-refractivity contribution is 9.10. The third kappa shape index (κ3) is 4.11. The maximum absolute atomic E-state index is 13.0. The number of nitrogens with zero attached hydrogens (tertiary/aromatic N) is 4. The van der Waals surface area contributed by atoms with Gasteiger partial charge in [-0.05, 0) is 59.7 Å². The molecule has 0 radical (unpaired) electrons. The van der Waals surface area contributed by atoms with E-state index in [-0.39, 0.29) is 5.52 Å². The fourth-order valence-electron chi connectivity index (χ4n) is 3.63. The molecule has 33 heavy (non-hydrogen) atoms. The average Bonchev–Trinajstić information content (AvgIpc) is 3.26. The van der Waals surface area contributed by atoms with Gasteiger partial charge >= 0.3 is 5.56 Å². The Labute approximate surface area is 205 Å². The van der Waals surface area contributed by atoms with Crippen LogP contribution >= 0.6 is 27.5 Å². The van der Waals surface area contributed by atoms with Gasteiger partial charge in [0.05, 0.1) is 5.69 Å². The molecule has 0 fully saturated rings. The zero-order valence-corrected chi connectivity index (χ0v) is 20.4. The van der Waals surface area contributed by atoms with Gasteiger partial charge in [-0.1, -0.05) is 45.7 Å². The predicted molar refractivity (Wildman–Crippen MR) is 135 cm³/mol. The standard InChI is InChI=1S/C24H16BrClN4O2S/c1-33(32)20-4-2-3-19(13-20)29-14-27-21-23(31)28-22(15-5-7-16(25)8-6-15)30(24(21)29)18-11-9-17(26)10-12-18/h2-14H,1H3. The van der Waals surface area contributed by atoms with Crippen LogP contribution in [0.15, 0.2) is 93.3 Å². The van der Waals surface area contributed by atoms with Crippen molar-refractivity contribution in [2.75, 3.05) is 6.26 Å². The van der Waals surface area contributed by atoms with Crippen LogP contribution in [0.5, 0.6) is 0 Å². The lowest BCUT2D eigenvalue weighted by Gasteiger charge is -2.17. The van der Waals surface area contributed by atoms with Gasteiger partial charge in [-0.15, -0.1) is 0 Å². The molecule has 0 spiro atoms. The minimum absolute atomic E-state index is 0.230. The van der Waals surface area contributed by atoms with Crippen LogP contribution in [0, 0.1) is 0 Å². The zero-order valence-electron chi connectivity index (χ0n) is 17.3. The highest BCUT2D eigenvalue weighted by atomic mass is 79.9. The first-order valence-electron chi connectivity index (χ1n) is 9.88. The van der Waals surface area contributed by atoms with E-state index < -0.39 is 16.7 Å². The molecule has 3 aromatic carbocycles. The van der Waals surface area contributed by atoms with Crippen LogP contribution in [0.25, 0.3) is 33.9 Å². The summed E-state index contributed by atoms with van der Waals surface area (Å²) in [4.78, 5) is 22.5. The summed E-state index contributed by atoms with van der Waals surface area (Å²) < 4.78 is 16.7. The molecule has 1 unspecified atom stereocenters. The second-order valence-electron chi connectivity index (χ2n) is 7.30. The van der Waals surface area contributed by atoms with Gasteiger partial charge in [0.1, 0.15) is 18.4 Å². The Bertz CT molecular complexity index is 1530. The Hall–Kier alpha value is -2.91. The molecular weight excluding hydrogens is 524 g/mol. The van der Waals surface area contributed by atoms with Crippen molar-refractivity contribution < 1.29 is 4.55 Å². The summed E-state index contributed by atoms with van der Waals surface area (Å²) in [5.41, 5.74) is 2.63. The number of rotatable bonds is 4. The third-order valence-corrected chi connectivity index (χ3v) is 6.89. The Morgan fingerprint density at radius 2 is 1.73 bits per heavy atom. The van der Waals surface area contributed by atoms with Crippen LogP contribution in [0.1, 0.15) is 0 Å². The van der Waals surface area contributed by atoms with Crippen molar-refractivity contribution in [3.8, 4) is 22.8 Å². The number of aromatic nitrogens is 4. The number of hydrogen-bond donors (Lipinski definition) is 0. The van der Waals surface area contributed by atoms with E-state index in [1.165, 1.54) is 0 Å². The smallest absolute Gasteiger partial charge is 0.301 e. The minimum atomic E-state index is -1.15. The first kappa shape index (κ1) is 21.9. The van der Waals surface area contributed by atoms with E-state index >= 15 is 0 Å². The topological polar surface area (TPSA) is 75.8 Å². The lowest BCUT2D eigenvalue weighted by atomic mass is 10.2. The predicted octanol–water partition coefficient (Wildman–Crippen LogP) is 5.39. The third-order valence-electron chi connectivity index (χ3n) is 5.19. The molecule has 2 aromatic heterocycles. The minimum Gasteiger partial charge on any atom is -0.612 e. The van der Waals surface area contributed by atoms with Gasteiger partial charge in [0.15, 0.2) is 16.1 Å². The molecule has 6 nitrogen and oxygen atoms in total. The quantitative estimate of drug-likeness (QED) is 0.287. The van der Waals surface area contributed by atoms with E-state index in [1.54, 1.807) is 30.8 Å². The normalized spacial score (nSPS) is 12.2. The molecule has 0 aliphatic rings. The van der Waals surface area contributed by atoms with Crippen LogP contribution in [-0.2, 0) is 11.2 Å². The zero-order chi connectivity index (χ0) is 23.1. The first-order chi connectivity index (χ1) is 15.9. The van der Waals surface area contributed by atoms with Crippen LogP contribution in [-0.4, -0.2) is 29.9 Å². The van der Waals surface area contributed by atoms with Gasteiger partial charge in [0.25, 0.3) is 0 Å². The fraction of sp³-hybridized carbons (Fsp3) is 0.0417. The summed E-state index contributed by atoms with van der Waals surface area (Å²) in [5, 5.41) is 0.598. The van der Waals surface area contributed by atoms with Crippen molar-refractivity contribution in [1.29, 1.82) is 0 Å². The molecule has 0 bridgehead atoms. The van der Waals surface area contributed by atoms with Crippen LogP contribution in [0.4, 0.5) is 0 Å². The van der Waals surface area contributed by atoms with E-state index in [9.17, 15) is 9.35 Å². The molecular formula is C24H16BrClN4O2S. The molecule has 1 atom stereocenters. The summed E-state index contributed by atoms with van der Waals surface area (Å²) in [6.45, 7) is 0. The summed E-state index contributed by atoms with van der Waals surface area (Å²) in [6, 6.07) is 22.2. The number of fused-ring (bicyclic) bond motifs is 1. The molecule has 0 saturated heterocycles. The Balaban J connectivity index is 1.88. The van der Waals surface area contributed by atoms with Crippen LogP contribution < -0.4 is 5.56 Å². The summed E-state index contributed by atoms with van der Waals surface area (Å²) >= 11 is 8.45. The molecule has 0 N–H and O–H groups in total. The van der Waals surface area contributed by atoms with Crippen molar-refractivity contribution in [3.63, 3.8) is 0 Å². The SMILES string of the molecule is C[S+]([O-])c1cccc(-n2cnc3c(=O)nc(-c4ccc(Br)cc4)n(-c4ccc(Cl)cc4)c32)c1. The summed E-state index contributed by atoms with van der Waals surface area (Å²) in [7, 11) is 0. The molecule has 164 valence electrons. The van der Waals surface area contributed by atoms with Gasteiger partial charge in [0.2, 0.25) is 0 Å². The van der Waals surface area contributed by atoms with E-state index in [2.05, 4.69) is 25.9 Å². The van der Waals surface area contributed by atoms with E-state index in [0.29, 0.717) is 21.4 Å². The molecule has 2 heterocycles. The lowest BCUT2D eigenvalue weighted by Crippen LogP contribution is -2.17. The van der Waals surface area contributed by atoms with Crippen LogP contribution in [0.3, 0.4) is 0 Å². The molecule has 0 aliphatic carbocycles. The van der Waals surface area contributed by atoms with Gasteiger partial charge < -0.3 is 4.55 Å². The van der Waals surface area contributed by atoms with Gasteiger partial charge in [-0.2, -0.15) is 4.98 Å². The Morgan fingerprint density at radius 1 is 1.00 bits per heavy atom. The molecule has 5 rings (SSSR count). The van der Waals surface area contributed by atoms with Crippen molar-refractivity contribution >= 4 is 49.9 Å². The fourth-order valence-corrected chi connectivity index (χ4v) is 4.58. The van der Waals surface area contributed by atoms with E-state index in [0.717, 1.165) is 21.4 Å². The molecule has 0 amide bonds. The molecule has 9 heteroatoms. The molecule has 0 saturated carbocycles. The maximum Gasteiger partial charge on any atom is 0.301 e. The second-order valence-corrected chi connectivity index (χ2v) is 10.0. The molecule has 5 aromatic rings. The number of hydrogen-bond acceptors (Lipinski definition) is 4. The number of benzene rings is 3. The Morgan fingerprint density at radius 3 is 2.42 bits per heavy atom. The van der Waals surface area contributed by atoms with Crippen molar-refractivity contribution in [2.45, 2.75) is 4.90 Å². The van der Waals surface area contributed by atoms with Crippen molar-refractivity contribution in [2.24, 2.45) is 0 Å². The maximum atomic E-state index is 13.0. The van der Waals surface area contributed by atoms with E-state index in [1.807, 2.05) is 63.7 Å². The first-order valence-corrected chi connectivity index (χ1v) is 12.6. The highest BCUT2D eigenvalue weighted by Crippen LogP contribution is 2.28. The average molecular weight is 540 g/mol.